The molecule has 3 aromatic rings. The molecule has 0 aliphatic rings. The molecule has 144 valence electrons. The molecule has 0 saturated carbocycles. The molecule has 0 fully saturated rings. The molecule has 1 amide bonds. The van der Waals surface area contributed by atoms with Crippen molar-refractivity contribution >= 4 is 22.9 Å². The van der Waals surface area contributed by atoms with Crippen LogP contribution in [0.4, 0.5) is 0 Å². The van der Waals surface area contributed by atoms with Crippen LogP contribution in [0.2, 0.25) is 0 Å². The van der Waals surface area contributed by atoms with Gasteiger partial charge in [0.15, 0.2) is 11.5 Å². The summed E-state index contributed by atoms with van der Waals surface area (Å²) < 4.78 is 15.7. The smallest absolute Gasteiger partial charge is 0.271 e. The highest BCUT2D eigenvalue weighted by atomic mass is 16.5. The van der Waals surface area contributed by atoms with Crippen molar-refractivity contribution < 1.29 is 24.1 Å². The lowest BCUT2D eigenvalue weighted by molar-refractivity contribution is 0.0954. The largest absolute Gasteiger partial charge is 0.507 e. The van der Waals surface area contributed by atoms with Crippen LogP contribution in [0.1, 0.15) is 15.9 Å². The van der Waals surface area contributed by atoms with E-state index in [0.29, 0.717) is 28.2 Å². The average molecular weight is 380 g/mol. The maximum Gasteiger partial charge on any atom is 0.271 e. The number of nitrogens with one attached hydrogen (secondary N) is 1. The van der Waals surface area contributed by atoms with Crippen molar-refractivity contribution in [3.8, 4) is 23.0 Å². The summed E-state index contributed by atoms with van der Waals surface area (Å²) in [4.78, 5) is 12.4. The number of ether oxygens (including phenoxy) is 3. The molecule has 7 heteroatoms. The standard InChI is InChI=1S/C21H20N2O5/c1-26-17-10-15(11-18(27-2)20(17)28-3)21(25)23-22-12-14-9-8-13-6-4-5-7-16(13)19(14)24/h4-12,24H,1-3H3,(H,23,25). The molecule has 7 nitrogen and oxygen atoms in total. The van der Waals surface area contributed by atoms with Gasteiger partial charge in [0.2, 0.25) is 5.75 Å². The van der Waals surface area contributed by atoms with E-state index in [-0.39, 0.29) is 11.3 Å². The number of phenolic OH excluding ortho intramolecular Hbond substituents is 1. The molecule has 0 radical (unpaired) electrons. The number of carbonyl (C=O) groups excluding carboxylic acids is 1. The third-order valence-electron chi connectivity index (χ3n) is 4.23. The Morgan fingerprint density at radius 3 is 2.32 bits per heavy atom. The summed E-state index contributed by atoms with van der Waals surface area (Å²) in [5.74, 6) is 0.761. The molecule has 28 heavy (non-hydrogen) atoms. The fourth-order valence-electron chi connectivity index (χ4n) is 2.81. The van der Waals surface area contributed by atoms with Crippen molar-refractivity contribution in [2.45, 2.75) is 0 Å². The highest BCUT2D eigenvalue weighted by Crippen LogP contribution is 2.38. The first kappa shape index (κ1) is 19.0. The van der Waals surface area contributed by atoms with Gasteiger partial charge < -0.3 is 19.3 Å². The molecule has 0 saturated heterocycles. The Bertz CT molecular complexity index is 1020. The number of hydrazone groups is 1. The Kier molecular flexibility index (Phi) is 5.64. The first-order valence-electron chi connectivity index (χ1n) is 8.43. The Labute approximate surface area is 162 Å². The van der Waals surface area contributed by atoms with Gasteiger partial charge in [-0.1, -0.05) is 30.3 Å². The average Bonchev–Trinajstić information content (AvgIpc) is 2.74. The van der Waals surface area contributed by atoms with Crippen LogP contribution < -0.4 is 19.6 Å². The van der Waals surface area contributed by atoms with Gasteiger partial charge in [0.25, 0.3) is 5.91 Å². The SMILES string of the molecule is COc1cc(C(=O)NN=Cc2ccc3ccccc3c2O)cc(OC)c1OC. The number of fused-ring (bicyclic) bond motifs is 1. The zero-order chi connectivity index (χ0) is 20.1. The number of rotatable bonds is 6. The summed E-state index contributed by atoms with van der Waals surface area (Å²) in [6.07, 6.45) is 1.39. The number of nitrogens with zero attached hydrogens (tertiary/aromatic N) is 1. The number of carbonyl (C=O) groups is 1. The Hall–Kier alpha value is -3.74. The summed E-state index contributed by atoms with van der Waals surface area (Å²) in [6, 6.07) is 14.1. The van der Waals surface area contributed by atoms with E-state index in [1.54, 1.807) is 6.07 Å². The van der Waals surface area contributed by atoms with E-state index >= 15 is 0 Å². The van der Waals surface area contributed by atoms with Crippen LogP contribution in [0.25, 0.3) is 10.8 Å². The second-order valence-corrected chi connectivity index (χ2v) is 5.84. The number of methoxy groups -OCH3 is 3. The lowest BCUT2D eigenvalue weighted by atomic mass is 10.1. The molecule has 0 bridgehead atoms. The summed E-state index contributed by atoms with van der Waals surface area (Å²) >= 11 is 0. The van der Waals surface area contributed by atoms with Gasteiger partial charge in [-0.25, -0.2) is 5.43 Å². The molecule has 3 rings (SSSR count). The molecule has 3 aromatic carbocycles. The van der Waals surface area contributed by atoms with Gasteiger partial charge in [0.05, 0.1) is 27.5 Å². The maximum atomic E-state index is 12.4. The van der Waals surface area contributed by atoms with Gasteiger partial charge in [0, 0.05) is 16.5 Å². The van der Waals surface area contributed by atoms with E-state index in [1.165, 1.54) is 39.7 Å². The Morgan fingerprint density at radius 2 is 1.68 bits per heavy atom. The van der Waals surface area contributed by atoms with Crippen LogP contribution in [0, 0.1) is 0 Å². The van der Waals surface area contributed by atoms with Gasteiger partial charge in [-0.15, -0.1) is 0 Å². The maximum absolute atomic E-state index is 12.4. The summed E-state index contributed by atoms with van der Waals surface area (Å²) in [5.41, 5.74) is 3.21. The van der Waals surface area contributed by atoms with E-state index in [0.717, 1.165) is 5.39 Å². The van der Waals surface area contributed by atoms with E-state index in [9.17, 15) is 9.90 Å². The van der Waals surface area contributed by atoms with Crippen LogP contribution in [-0.2, 0) is 0 Å². The van der Waals surface area contributed by atoms with Gasteiger partial charge in [-0.2, -0.15) is 5.10 Å². The predicted molar refractivity (Wildman–Crippen MR) is 107 cm³/mol. The van der Waals surface area contributed by atoms with Gasteiger partial charge in [-0.3, -0.25) is 4.79 Å². The number of amides is 1. The first-order valence-corrected chi connectivity index (χ1v) is 8.43. The number of hydrogen-bond donors (Lipinski definition) is 2. The molecule has 2 N–H and O–H groups in total. The second-order valence-electron chi connectivity index (χ2n) is 5.84. The van der Waals surface area contributed by atoms with E-state index < -0.39 is 5.91 Å². The minimum atomic E-state index is -0.462. The molecule has 0 atom stereocenters. The molecular formula is C21H20N2O5. The monoisotopic (exact) mass is 380 g/mol. The topological polar surface area (TPSA) is 89.4 Å². The fourth-order valence-corrected chi connectivity index (χ4v) is 2.81. The third kappa shape index (κ3) is 3.68. The molecule has 0 aliphatic carbocycles. The molecule has 0 aliphatic heterocycles. The minimum absolute atomic E-state index is 0.101. The van der Waals surface area contributed by atoms with Crippen molar-refractivity contribution in [1.29, 1.82) is 0 Å². The number of aromatic hydroxyl groups is 1. The molecule has 0 heterocycles. The number of phenols is 1. The van der Waals surface area contributed by atoms with Crippen molar-refractivity contribution in [2.75, 3.05) is 21.3 Å². The van der Waals surface area contributed by atoms with Gasteiger partial charge in [-0.05, 0) is 23.6 Å². The van der Waals surface area contributed by atoms with Crippen molar-refractivity contribution in [3.05, 3.63) is 59.7 Å². The van der Waals surface area contributed by atoms with Crippen LogP contribution in [-0.4, -0.2) is 38.6 Å². The second kappa shape index (κ2) is 8.30. The number of hydrogen-bond acceptors (Lipinski definition) is 6. The van der Waals surface area contributed by atoms with Crippen LogP contribution in [0.5, 0.6) is 23.0 Å². The fraction of sp³-hybridized carbons (Fsp3) is 0.143. The summed E-state index contributed by atoms with van der Waals surface area (Å²) in [6.45, 7) is 0. The molecule has 0 unspecified atom stereocenters. The zero-order valence-corrected chi connectivity index (χ0v) is 15.7. The summed E-state index contributed by atoms with van der Waals surface area (Å²) in [5, 5.41) is 15.9. The number of benzene rings is 3. The highest BCUT2D eigenvalue weighted by molar-refractivity contribution is 5.99. The quantitative estimate of drug-likeness (QED) is 0.506. The van der Waals surface area contributed by atoms with E-state index in [4.69, 9.17) is 14.2 Å². The molecule has 0 spiro atoms. The normalized spacial score (nSPS) is 10.8. The predicted octanol–water partition coefficient (Wildman–Crippen LogP) is 3.34. The van der Waals surface area contributed by atoms with Gasteiger partial charge >= 0.3 is 0 Å². The molecular weight excluding hydrogens is 360 g/mol. The van der Waals surface area contributed by atoms with Gasteiger partial charge in [0.1, 0.15) is 5.75 Å². The molecule has 0 aromatic heterocycles. The summed E-state index contributed by atoms with van der Waals surface area (Å²) in [7, 11) is 4.43. The van der Waals surface area contributed by atoms with E-state index in [1.807, 2.05) is 30.3 Å². The zero-order valence-electron chi connectivity index (χ0n) is 15.7. The van der Waals surface area contributed by atoms with Crippen molar-refractivity contribution in [2.24, 2.45) is 5.10 Å². The third-order valence-corrected chi connectivity index (χ3v) is 4.23. The first-order chi connectivity index (χ1) is 13.6. The van der Waals surface area contributed by atoms with Crippen molar-refractivity contribution in [1.82, 2.24) is 5.43 Å². The lowest BCUT2D eigenvalue weighted by Crippen LogP contribution is -2.18. The lowest BCUT2D eigenvalue weighted by Gasteiger charge is -2.13. The van der Waals surface area contributed by atoms with Crippen LogP contribution in [0.3, 0.4) is 0 Å². The minimum Gasteiger partial charge on any atom is -0.507 e. The Balaban J connectivity index is 1.81. The Morgan fingerprint density at radius 1 is 1.00 bits per heavy atom. The van der Waals surface area contributed by atoms with Crippen LogP contribution in [0.15, 0.2) is 53.6 Å². The highest BCUT2D eigenvalue weighted by Gasteiger charge is 2.16. The van der Waals surface area contributed by atoms with E-state index in [2.05, 4.69) is 10.5 Å². The van der Waals surface area contributed by atoms with Crippen LogP contribution >= 0.6 is 0 Å². The van der Waals surface area contributed by atoms with Crippen molar-refractivity contribution in [3.63, 3.8) is 0 Å².